The van der Waals surface area contributed by atoms with E-state index in [0.29, 0.717) is 6.54 Å². The van der Waals surface area contributed by atoms with Gasteiger partial charge >= 0.3 is 0 Å². The van der Waals surface area contributed by atoms with Crippen LogP contribution in [0, 0.1) is 11.8 Å². The van der Waals surface area contributed by atoms with Gasteiger partial charge in [-0.1, -0.05) is 26.2 Å². The van der Waals surface area contributed by atoms with Crippen molar-refractivity contribution in [2.24, 2.45) is 11.8 Å². The van der Waals surface area contributed by atoms with Crippen LogP contribution in [0.15, 0.2) is 11.4 Å². The zero-order valence-electron chi connectivity index (χ0n) is 12.9. The lowest BCUT2D eigenvalue weighted by Crippen LogP contribution is -2.42. The van der Waals surface area contributed by atoms with Crippen LogP contribution in [0.1, 0.15) is 43.0 Å². The Morgan fingerprint density at radius 1 is 1.43 bits per heavy atom. The highest BCUT2D eigenvalue weighted by atomic mass is 32.1. The van der Waals surface area contributed by atoms with E-state index in [1.165, 1.54) is 36.1 Å². The predicted octanol–water partition coefficient (Wildman–Crippen LogP) is 3.05. The van der Waals surface area contributed by atoms with Gasteiger partial charge in [0.1, 0.15) is 0 Å². The van der Waals surface area contributed by atoms with Crippen LogP contribution in [-0.2, 0) is 17.8 Å². The predicted molar refractivity (Wildman–Crippen MR) is 87.4 cm³/mol. The molecule has 1 amide bonds. The summed E-state index contributed by atoms with van der Waals surface area (Å²) in [5.74, 6) is 1.83. The number of thiophene rings is 1. The molecule has 1 aliphatic heterocycles. The average Bonchev–Trinajstić information content (AvgIpc) is 2.96. The summed E-state index contributed by atoms with van der Waals surface area (Å²) in [4.78, 5) is 15.8. The minimum absolute atomic E-state index is 0.260. The molecule has 2 atom stereocenters. The second-order valence-electron chi connectivity index (χ2n) is 6.59. The van der Waals surface area contributed by atoms with E-state index in [-0.39, 0.29) is 5.91 Å². The van der Waals surface area contributed by atoms with E-state index in [9.17, 15) is 4.79 Å². The Morgan fingerprint density at radius 3 is 3.14 bits per heavy atom. The summed E-state index contributed by atoms with van der Waals surface area (Å²) in [7, 11) is 0. The highest BCUT2D eigenvalue weighted by Gasteiger charge is 2.23. The van der Waals surface area contributed by atoms with E-state index in [4.69, 9.17) is 0 Å². The fourth-order valence-corrected chi connectivity index (χ4v) is 4.52. The molecule has 0 aromatic carbocycles. The van der Waals surface area contributed by atoms with Crippen LogP contribution in [0.25, 0.3) is 0 Å². The first kappa shape index (κ1) is 15.0. The molecule has 0 radical (unpaired) electrons. The summed E-state index contributed by atoms with van der Waals surface area (Å²) in [6.45, 7) is 5.55. The maximum absolute atomic E-state index is 12.3. The Balaban J connectivity index is 1.42. The maximum Gasteiger partial charge on any atom is 0.236 e. The van der Waals surface area contributed by atoms with Crippen LogP contribution in [0.2, 0.25) is 0 Å². The molecule has 1 N–H and O–H groups in total. The SMILES string of the molecule is CC1CCCCC1CNCC(=O)N1CCc2sccc2C1. The molecule has 1 aliphatic carbocycles. The van der Waals surface area contributed by atoms with Gasteiger partial charge in [0.05, 0.1) is 6.54 Å². The number of nitrogens with one attached hydrogen (secondary N) is 1. The summed E-state index contributed by atoms with van der Waals surface area (Å²) < 4.78 is 0. The molecule has 1 saturated carbocycles. The molecule has 0 saturated heterocycles. The summed E-state index contributed by atoms with van der Waals surface area (Å²) in [6, 6.07) is 2.16. The quantitative estimate of drug-likeness (QED) is 0.927. The molecule has 21 heavy (non-hydrogen) atoms. The summed E-state index contributed by atoms with van der Waals surface area (Å²) >= 11 is 1.82. The molecular weight excluding hydrogens is 280 g/mol. The third kappa shape index (κ3) is 3.67. The lowest BCUT2D eigenvalue weighted by atomic mass is 9.80. The Hall–Kier alpha value is -0.870. The average molecular weight is 306 g/mol. The zero-order chi connectivity index (χ0) is 14.7. The minimum atomic E-state index is 0.260. The molecule has 0 spiro atoms. The van der Waals surface area contributed by atoms with Crippen molar-refractivity contribution in [1.82, 2.24) is 10.2 Å². The molecular formula is C17H26N2OS. The molecule has 2 aliphatic rings. The molecule has 0 bridgehead atoms. The summed E-state index contributed by atoms with van der Waals surface area (Å²) in [6.07, 6.45) is 6.45. The fraction of sp³-hybridized carbons (Fsp3) is 0.706. The molecule has 1 fully saturated rings. The van der Waals surface area contributed by atoms with E-state index in [0.717, 1.165) is 37.9 Å². The first-order valence-electron chi connectivity index (χ1n) is 8.28. The molecule has 1 aromatic rings. The number of hydrogen-bond acceptors (Lipinski definition) is 3. The Labute approximate surface area is 131 Å². The first-order valence-corrected chi connectivity index (χ1v) is 9.15. The molecule has 2 unspecified atom stereocenters. The highest BCUT2D eigenvalue weighted by molar-refractivity contribution is 7.10. The number of fused-ring (bicyclic) bond motifs is 1. The van der Waals surface area contributed by atoms with Crippen LogP contribution in [0.4, 0.5) is 0 Å². The van der Waals surface area contributed by atoms with Crippen molar-refractivity contribution in [3.05, 3.63) is 21.9 Å². The van der Waals surface area contributed by atoms with Crippen LogP contribution >= 0.6 is 11.3 Å². The van der Waals surface area contributed by atoms with Crippen LogP contribution < -0.4 is 5.32 Å². The largest absolute Gasteiger partial charge is 0.337 e. The molecule has 3 rings (SSSR count). The standard InChI is InChI=1S/C17H26N2OS/c1-13-4-2-3-5-14(13)10-18-11-17(20)19-8-6-16-15(12-19)7-9-21-16/h7,9,13-14,18H,2-6,8,10-12H2,1H3. The number of rotatable bonds is 4. The van der Waals surface area contributed by atoms with E-state index in [1.807, 2.05) is 16.2 Å². The van der Waals surface area contributed by atoms with Gasteiger partial charge in [-0.2, -0.15) is 0 Å². The van der Waals surface area contributed by atoms with Crippen LogP contribution in [0.3, 0.4) is 0 Å². The van der Waals surface area contributed by atoms with Crippen molar-refractivity contribution in [3.8, 4) is 0 Å². The van der Waals surface area contributed by atoms with Crippen molar-refractivity contribution in [1.29, 1.82) is 0 Å². The molecule has 3 nitrogen and oxygen atoms in total. The molecule has 2 heterocycles. The second kappa shape index (κ2) is 6.93. The van der Waals surface area contributed by atoms with Crippen molar-refractivity contribution in [2.45, 2.75) is 45.6 Å². The molecule has 4 heteroatoms. The van der Waals surface area contributed by atoms with Crippen molar-refractivity contribution < 1.29 is 4.79 Å². The smallest absolute Gasteiger partial charge is 0.236 e. The number of carbonyl (C=O) groups is 1. The zero-order valence-corrected chi connectivity index (χ0v) is 13.8. The van der Waals surface area contributed by atoms with E-state index in [2.05, 4.69) is 23.7 Å². The van der Waals surface area contributed by atoms with Gasteiger partial charge in [0.2, 0.25) is 5.91 Å². The van der Waals surface area contributed by atoms with Gasteiger partial charge in [0.15, 0.2) is 0 Å². The van der Waals surface area contributed by atoms with Crippen LogP contribution in [-0.4, -0.2) is 30.4 Å². The first-order chi connectivity index (χ1) is 10.2. The normalized spacial score (nSPS) is 25.7. The van der Waals surface area contributed by atoms with Crippen molar-refractivity contribution >= 4 is 17.2 Å². The lowest BCUT2D eigenvalue weighted by Gasteiger charge is -2.30. The van der Waals surface area contributed by atoms with E-state index >= 15 is 0 Å². The topological polar surface area (TPSA) is 32.3 Å². The van der Waals surface area contributed by atoms with Gasteiger partial charge in [-0.3, -0.25) is 4.79 Å². The van der Waals surface area contributed by atoms with Crippen molar-refractivity contribution in [2.75, 3.05) is 19.6 Å². The van der Waals surface area contributed by atoms with Crippen LogP contribution in [0.5, 0.6) is 0 Å². The lowest BCUT2D eigenvalue weighted by molar-refractivity contribution is -0.131. The number of amides is 1. The highest BCUT2D eigenvalue weighted by Crippen LogP contribution is 2.29. The van der Waals surface area contributed by atoms with E-state index in [1.54, 1.807) is 0 Å². The molecule has 1 aromatic heterocycles. The summed E-state index contributed by atoms with van der Waals surface area (Å²) in [5, 5.41) is 5.55. The van der Waals surface area contributed by atoms with Gasteiger partial charge in [0, 0.05) is 18.0 Å². The fourth-order valence-electron chi connectivity index (χ4n) is 3.63. The van der Waals surface area contributed by atoms with Gasteiger partial charge in [0.25, 0.3) is 0 Å². The van der Waals surface area contributed by atoms with Gasteiger partial charge in [-0.15, -0.1) is 11.3 Å². The third-order valence-corrected chi connectivity index (χ3v) is 6.16. The monoisotopic (exact) mass is 306 g/mol. The van der Waals surface area contributed by atoms with E-state index < -0.39 is 0 Å². The number of hydrogen-bond donors (Lipinski definition) is 1. The maximum atomic E-state index is 12.3. The molecule has 116 valence electrons. The number of carbonyl (C=O) groups excluding carboxylic acids is 1. The van der Waals surface area contributed by atoms with Crippen molar-refractivity contribution in [3.63, 3.8) is 0 Å². The van der Waals surface area contributed by atoms with Gasteiger partial charge in [-0.25, -0.2) is 0 Å². The second-order valence-corrected chi connectivity index (χ2v) is 7.59. The summed E-state index contributed by atoms with van der Waals surface area (Å²) in [5.41, 5.74) is 1.35. The third-order valence-electron chi connectivity index (χ3n) is 5.13. The Bertz CT molecular complexity index is 485. The number of nitrogens with zero attached hydrogens (tertiary/aromatic N) is 1. The van der Waals surface area contributed by atoms with Gasteiger partial charge in [-0.05, 0) is 48.2 Å². The Morgan fingerprint density at radius 2 is 2.29 bits per heavy atom. The minimum Gasteiger partial charge on any atom is -0.337 e. The Kier molecular flexibility index (Phi) is 4.96. The van der Waals surface area contributed by atoms with Gasteiger partial charge < -0.3 is 10.2 Å².